The Morgan fingerprint density at radius 3 is 1.68 bits per heavy atom. The van der Waals surface area contributed by atoms with Crippen molar-refractivity contribution < 1.29 is 4.74 Å². The van der Waals surface area contributed by atoms with Gasteiger partial charge in [0.15, 0.2) is 4.33 Å². The molecule has 5 aliphatic rings. The van der Waals surface area contributed by atoms with Crippen molar-refractivity contribution in [3.63, 3.8) is 0 Å². The van der Waals surface area contributed by atoms with Gasteiger partial charge in [-0.1, -0.05) is 46.4 Å². The zero-order valence-electron chi connectivity index (χ0n) is 9.35. The molecule has 7 heteroatoms. The molecular weight excluding hydrogens is 373 g/mol. The largest absolute Gasteiger partial charge is 0.369 e. The lowest BCUT2D eigenvalue weighted by Crippen LogP contribution is -2.46. The second-order valence-corrected chi connectivity index (χ2v) is 9.58. The topological polar surface area (TPSA) is 12.5 Å². The minimum absolute atomic E-state index is 0.0467. The smallest absolute Gasteiger partial charge is 0.166 e. The second kappa shape index (κ2) is 3.20. The molecule has 0 amide bonds. The van der Waals surface area contributed by atoms with Crippen molar-refractivity contribution in [2.24, 2.45) is 23.7 Å². The summed E-state index contributed by atoms with van der Waals surface area (Å²) in [7, 11) is 0. The van der Waals surface area contributed by atoms with E-state index in [0.29, 0.717) is 21.9 Å². The lowest BCUT2D eigenvalue weighted by atomic mass is 9.73. The maximum Gasteiger partial charge on any atom is 0.166 e. The summed E-state index contributed by atoms with van der Waals surface area (Å²) in [5, 5.41) is 0.642. The maximum atomic E-state index is 6.82. The fourth-order valence-corrected chi connectivity index (χ4v) is 8.43. The molecule has 0 aromatic rings. The van der Waals surface area contributed by atoms with Crippen LogP contribution in [0.5, 0.6) is 0 Å². The highest BCUT2D eigenvalue weighted by Gasteiger charge is 2.89. The van der Waals surface area contributed by atoms with Gasteiger partial charge in [-0.05, 0) is 30.1 Å². The average Bonchev–Trinajstić information content (AvgIpc) is 2.91. The minimum atomic E-state index is -1.37. The zero-order chi connectivity index (χ0) is 13.5. The first-order valence-corrected chi connectivity index (χ1v) is 8.52. The van der Waals surface area contributed by atoms with Crippen LogP contribution in [0.2, 0.25) is 0 Å². The molecule has 19 heavy (non-hydrogen) atoms. The number of ether oxygens (including phenoxy) is 1. The van der Waals surface area contributed by atoms with Crippen molar-refractivity contribution in [3.8, 4) is 0 Å². The van der Waals surface area contributed by atoms with Crippen LogP contribution < -0.4 is 0 Å². The molecule has 4 aliphatic carbocycles. The second-order valence-electron chi connectivity index (χ2n) is 6.31. The summed E-state index contributed by atoms with van der Waals surface area (Å²) in [6.45, 7) is 0. The van der Waals surface area contributed by atoms with E-state index in [2.05, 4.69) is 0 Å². The molecule has 4 fully saturated rings. The average molecular weight is 381 g/mol. The number of alkyl halides is 4. The van der Waals surface area contributed by atoms with Crippen LogP contribution in [0.25, 0.3) is 0 Å². The molecular formula is C12H8Cl6O. The van der Waals surface area contributed by atoms with Crippen molar-refractivity contribution in [3.05, 3.63) is 10.1 Å². The Morgan fingerprint density at radius 1 is 0.842 bits per heavy atom. The molecule has 0 radical (unpaired) electrons. The third-order valence-corrected chi connectivity index (χ3v) is 10.2. The summed E-state index contributed by atoms with van der Waals surface area (Å²) < 4.78 is 4.35. The Balaban J connectivity index is 1.80. The van der Waals surface area contributed by atoms with E-state index in [1.807, 2.05) is 0 Å². The molecule has 4 bridgehead atoms. The Bertz CT molecular complexity index is 516. The highest BCUT2D eigenvalue weighted by Crippen LogP contribution is 2.84. The van der Waals surface area contributed by atoms with Gasteiger partial charge >= 0.3 is 0 Å². The van der Waals surface area contributed by atoms with Gasteiger partial charge in [0.2, 0.25) is 0 Å². The maximum absolute atomic E-state index is 6.82. The van der Waals surface area contributed by atoms with Crippen LogP contribution in [0, 0.1) is 23.7 Å². The standard InChI is InChI=1S/C12H8Cl6O/c13-8-9(14)11(16)5-3-1-2(6-7(3)19-6)4(5)10(8,15)12(11,17)18/h2-7H,1H2/t2-,3+,4+,5-,6-,7+,10-,11+. The van der Waals surface area contributed by atoms with Gasteiger partial charge in [0.1, 0.15) is 9.75 Å². The molecule has 0 aromatic carbocycles. The van der Waals surface area contributed by atoms with Crippen molar-refractivity contribution >= 4 is 69.6 Å². The third kappa shape index (κ3) is 0.986. The number of halogens is 6. The molecule has 1 aliphatic heterocycles. The quantitative estimate of drug-likeness (QED) is 0.343. The van der Waals surface area contributed by atoms with Crippen LogP contribution in [0.1, 0.15) is 6.42 Å². The van der Waals surface area contributed by atoms with E-state index in [9.17, 15) is 0 Å². The fraction of sp³-hybridized carbons (Fsp3) is 0.833. The van der Waals surface area contributed by atoms with E-state index in [4.69, 9.17) is 74.3 Å². The predicted molar refractivity (Wildman–Crippen MR) is 77.6 cm³/mol. The van der Waals surface area contributed by atoms with E-state index in [0.717, 1.165) is 6.42 Å². The molecule has 1 saturated heterocycles. The lowest BCUT2D eigenvalue weighted by molar-refractivity contribution is 0.237. The number of fused-ring (bicyclic) bond motifs is 12. The Hall–Kier alpha value is 1.44. The molecule has 0 aromatic heterocycles. The molecule has 0 unspecified atom stereocenters. The van der Waals surface area contributed by atoms with Crippen molar-refractivity contribution in [1.29, 1.82) is 0 Å². The highest BCUT2D eigenvalue weighted by molar-refractivity contribution is 6.65. The van der Waals surface area contributed by atoms with Crippen LogP contribution >= 0.6 is 69.6 Å². The first kappa shape index (κ1) is 12.9. The van der Waals surface area contributed by atoms with Gasteiger partial charge in [-0.15, -0.1) is 23.2 Å². The van der Waals surface area contributed by atoms with Gasteiger partial charge < -0.3 is 4.74 Å². The lowest BCUT2D eigenvalue weighted by Gasteiger charge is -2.38. The van der Waals surface area contributed by atoms with Crippen LogP contribution in [-0.2, 0) is 4.74 Å². The van der Waals surface area contributed by atoms with Gasteiger partial charge in [0.05, 0.1) is 22.3 Å². The van der Waals surface area contributed by atoms with Gasteiger partial charge in [-0.3, -0.25) is 0 Å². The number of rotatable bonds is 0. The van der Waals surface area contributed by atoms with E-state index in [1.165, 1.54) is 0 Å². The third-order valence-electron chi connectivity index (χ3n) is 5.92. The summed E-state index contributed by atoms with van der Waals surface area (Å²) in [6, 6.07) is 0. The summed E-state index contributed by atoms with van der Waals surface area (Å²) >= 11 is 39.5. The molecule has 5 rings (SSSR count). The van der Waals surface area contributed by atoms with Crippen molar-refractivity contribution in [2.75, 3.05) is 0 Å². The molecule has 0 spiro atoms. The van der Waals surface area contributed by atoms with Crippen LogP contribution in [-0.4, -0.2) is 26.3 Å². The Kier molecular flexibility index (Phi) is 2.18. The predicted octanol–water partition coefficient (Wildman–Crippen LogP) is 4.48. The van der Waals surface area contributed by atoms with Gasteiger partial charge in [-0.25, -0.2) is 0 Å². The molecule has 0 N–H and O–H groups in total. The first-order valence-electron chi connectivity index (χ1n) is 6.25. The van der Waals surface area contributed by atoms with E-state index in [1.54, 1.807) is 0 Å². The van der Waals surface area contributed by atoms with Gasteiger partial charge in [-0.2, -0.15) is 0 Å². The monoisotopic (exact) mass is 378 g/mol. The number of epoxide rings is 1. The van der Waals surface area contributed by atoms with E-state index >= 15 is 0 Å². The Morgan fingerprint density at radius 2 is 1.26 bits per heavy atom. The first-order chi connectivity index (χ1) is 8.78. The van der Waals surface area contributed by atoms with Crippen LogP contribution in [0.3, 0.4) is 0 Å². The summed E-state index contributed by atoms with van der Waals surface area (Å²) in [4.78, 5) is -2.17. The number of allylic oxidation sites excluding steroid dienone is 2. The minimum Gasteiger partial charge on any atom is -0.369 e. The molecule has 104 valence electrons. The summed E-state index contributed by atoms with van der Waals surface area (Å²) in [6.07, 6.45) is 1.63. The molecule has 1 heterocycles. The van der Waals surface area contributed by atoms with Gasteiger partial charge in [0.25, 0.3) is 0 Å². The molecule has 3 saturated carbocycles. The molecule has 1 nitrogen and oxygen atoms in total. The Labute approximate surface area is 140 Å². The van der Waals surface area contributed by atoms with Gasteiger partial charge in [0, 0.05) is 0 Å². The van der Waals surface area contributed by atoms with E-state index < -0.39 is 14.1 Å². The van der Waals surface area contributed by atoms with Crippen molar-refractivity contribution in [1.82, 2.24) is 0 Å². The zero-order valence-corrected chi connectivity index (χ0v) is 13.9. The highest BCUT2D eigenvalue weighted by atomic mass is 35.5. The van der Waals surface area contributed by atoms with Crippen LogP contribution in [0.15, 0.2) is 10.1 Å². The summed E-state index contributed by atoms with van der Waals surface area (Å²) in [5.74, 6) is 0.776. The summed E-state index contributed by atoms with van der Waals surface area (Å²) in [5.41, 5.74) is 0. The van der Waals surface area contributed by atoms with E-state index in [-0.39, 0.29) is 24.0 Å². The SMILES string of the molecule is ClC1=C(Cl)[C@]2(Cl)[C@H]3[C@H]4C[C@H]([C@@H]5O[C@H]45)[C@H]3[C@@]1(Cl)C2(Cl)Cl. The van der Waals surface area contributed by atoms with Crippen molar-refractivity contribution in [2.45, 2.75) is 32.7 Å². The normalized spacial score (nSPS) is 66.6. The fourth-order valence-electron chi connectivity index (χ4n) is 5.30. The number of hydrogen-bond acceptors (Lipinski definition) is 1. The van der Waals surface area contributed by atoms with Crippen LogP contribution in [0.4, 0.5) is 0 Å². The number of hydrogen-bond donors (Lipinski definition) is 0. The molecule has 8 atom stereocenters.